The molecule has 0 spiro atoms. The molecule has 4 fully saturated rings. The van der Waals surface area contributed by atoms with Gasteiger partial charge in [-0.1, -0.05) is 34.6 Å². The van der Waals surface area contributed by atoms with Crippen LogP contribution < -0.4 is 0 Å². The van der Waals surface area contributed by atoms with Gasteiger partial charge in [-0.3, -0.25) is 4.79 Å². The van der Waals surface area contributed by atoms with E-state index in [0.29, 0.717) is 35.5 Å². The summed E-state index contributed by atoms with van der Waals surface area (Å²) in [6.07, 6.45) is 8.06. The van der Waals surface area contributed by atoms with Crippen molar-refractivity contribution in [1.82, 2.24) is 0 Å². The van der Waals surface area contributed by atoms with Crippen LogP contribution in [0.2, 0.25) is 0 Å². The van der Waals surface area contributed by atoms with E-state index >= 15 is 0 Å². The standard InChI is InChI=1S/C26H44O4/c1-14(16(3)24(29)30)15(2)19-6-7-20-23-21(9-11-26(19,20)5)25(4)10-8-18(27)12-17(25)13-22(23)28/h14-23,27-28H,6-13H2,1-5H3,(H,29,30)/t14-,15?,16-,17+,18-,19-,20?,21?,22-,23?,25+,26-/m1/s1. The van der Waals surface area contributed by atoms with E-state index in [0.717, 1.165) is 25.7 Å². The summed E-state index contributed by atoms with van der Waals surface area (Å²) in [4.78, 5) is 11.6. The van der Waals surface area contributed by atoms with E-state index in [1.165, 1.54) is 25.7 Å². The average Bonchev–Trinajstić information content (AvgIpc) is 3.04. The highest BCUT2D eigenvalue weighted by Crippen LogP contribution is 2.68. The maximum absolute atomic E-state index is 11.6. The highest BCUT2D eigenvalue weighted by Gasteiger charge is 2.63. The second-order valence-electron chi connectivity index (χ2n) is 12.3. The quantitative estimate of drug-likeness (QED) is 0.600. The maximum Gasteiger partial charge on any atom is 0.306 e. The summed E-state index contributed by atoms with van der Waals surface area (Å²) in [7, 11) is 0. The number of aliphatic carboxylic acids is 1. The van der Waals surface area contributed by atoms with Gasteiger partial charge in [0.15, 0.2) is 0 Å². The molecule has 4 nitrogen and oxygen atoms in total. The highest BCUT2D eigenvalue weighted by molar-refractivity contribution is 5.69. The van der Waals surface area contributed by atoms with Crippen LogP contribution in [-0.2, 0) is 4.79 Å². The number of carbonyl (C=O) groups is 1. The number of carboxylic acid groups (broad SMARTS) is 1. The van der Waals surface area contributed by atoms with Crippen LogP contribution in [0.25, 0.3) is 0 Å². The molecule has 4 rings (SSSR count). The van der Waals surface area contributed by atoms with Gasteiger partial charge >= 0.3 is 5.97 Å². The first-order valence-corrected chi connectivity index (χ1v) is 12.6. The Balaban J connectivity index is 1.58. The first-order chi connectivity index (χ1) is 14.0. The van der Waals surface area contributed by atoms with E-state index in [1.54, 1.807) is 0 Å². The second kappa shape index (κ2) is 7.76. The minimum atomic E-state index is -0.682. The topological polar surface area (TPSA) is 77.8 Å². The van der Waals surface area contributed by atoms with Crippen LogP contribution in [0.15, 0.2) is 0 Å². The summed E-state index contributed by atoms with van der Waals surface area (Å²) in [6.45, 7) is 11.2. The van der Waals surface area contributed by atoms with Crippen molar-refractivity contribution in [2.24, 2.45) is 58.2 Å². The number of aliphatic hydroxyl groups excluding tert-OH is 2. The largest absolute Gasteiger partial charge is 0.481 e. The van der Waals surface area contributed by atoms with E-state index in [2.05, 4.69) is 27.7 Å². The van der Waals surface area contributed by atoms with Crippen molar-refractivity contribution in [1.29, 1.82) is 0 Å². The van der Waals surface area contributed by atoms with Crippen LogP contribution in [0.5, 0.6) is 0 Å². The number of aliphatic hydroxyl groups is 2. The van der Waals surface area contributed by atoms with E-state index in [4.69, 9.17) is 0 Å². The van der Waals surface area contributed by atoms with Crippen LogP contribution in [0, 0.1) is 58.2 Å². The molecule has 4 saturated carbocycles. The number of hydrogen-bond acceptors (Lipinski definition) is 3. The molecule has 4 heteroatoms. The number of rotatable bonds is 4. The molecular formula is C26H44O4. The SMILES string of the molecule is CC([C@@H](C)[C@@H](C)C(=O)O)[C@H]1CCC2C3C(CC[C@@]21C)[C@@]1(C)CC[C@@H](O)C[C@H]1C[C@H]3O. The fraction of sp³-hybridized carbons (Fsp3) is 0.962. The predicted octanol–water partition coefficient (Wildman–Crippen LogP) is 4.97. The molecule has 0 aromatic rings. The zero-order valence-corrected chi connectivity index (χ0v) is 19.7. The number of carboxylic acids is 1. The Kier molecular flexibility index (Phi) is 5.84. The molecule has 0 radical (unpaired) electrons. The third-order valence-electron chi connectivity index (χ3n) is 11.4. The van der Waals surface area contributed by atoms with Gasteiger partial charge in [-0.05, 0) is 104 Å². The molecule has 0 bridgehead atoms. The molecule has 0 aliphatic heterocycles. The lowest BCUT2D eigenvalue weighted by Gasteiger charge is -2.62. The normalized spacial score (nSPS) is 51.2. The molecule has 0 saturated heterocycles. The monoisotopic (exact) mass is 420 g/mol. The smallest absolute Gasteiger partial charge is 0.306 e. The minimum absolute atomic E-state index is 0.166. The summed E-state index contributed by atoms with van der Waals surface area (Å²) >= 11 is 0. The Morgan fingerprint density at radius 2 is 1.53 bits per heavy atom. The molecule has 30 heavy (non-hydrogen) atoms. The molecule has 3 N–H and O–H groups in total. The molecule has 4 unspecified atom stereocenters. The third kappa shape index (κ3) is 3.27. The van der Waals surface area contributed by atoms with E-state index < -0.39 is 5.97 Å². The Morgan fingerprint density at radius 1 is 0.900 bits per heavy atom. The lowest BCUT2D eigenvalue weighted by molar-refractivity contribution is -0.175. The molecule has 172 valence electrons. The van der Waals surface area contributed by atoms with Crippen LogP contribution >= 0.6 is 0 Å². The van der Waals surface area contributed by atoms with Crippen molar-refractivity contribution < 1.29 is 20.1 Å². The van der Waals surface area contributed by atoms with Crippen molar-refractivity contribution in [3.8, 4) is 0 Å². The van der Waals surface area contributed by atoms with Gasteiger partial charge in [0.05, 0.1) is 18.1 Å². The fourth-order valence-corrected chi connectivity index (χ4v) is 9.15. The summed E-state index contributed by atoms with van der Waals surface area (Å²) in [6, 6.07) is 0. The van der Waals surface area contributed by atoms with Crippen LogP contribution in [0.4, 0.5) is 0 Å². The third-order valence-corrected chi connectivity index (χ3v) is 11.4. The van der Waals surface area contributed by atoms with Gasteiger partial charge in [0.2, 0.25) is 0 Å². The second-order valence-corrected chi connectivity index (χ2v) is 12.3. The highest BCUT2D eigenvalue weighted by atomic mass is 16.4. The lowest BCUT2D eigenvalue weighted by Crippen LogP contribution is -2.58. The van der Waals surface area contributed by atoms with Crippen molar-refractivity contribution in [3.63, 3.8) is 0 Å². The van der Waals surface area contributed by atoms with Crippen LogP contribution in [0.1, 0.15) is 86.0 Å². The van der Waals surface area contributed by atoms with Gasteiger partial charge < -0.3 is 15.3 Å². The van der Waals surface area contributed by atoms with E-state index in [9.17, 15) is 20.1 Å². The van der Waals surface area contributed by atoms with Crippen molar-refractivity contribution in [3.05, 3.63) is 0 Å². The first-order valence-electron chi connectivity index (χ1n) is 12.6. The molecule has 4 aliphatic carbocycles. The Labute approximate surface area is 182 Å². The molecule has 0 aromatic heterocycles. The van der Waals surface area contributed by atoms with Gasteiger partial charge in [-0.15, -0.1) is 0 Å². The minimum Gasteiger partial charge on any atom is -0.481 e. The summed E-state index contributed by atoms with van der Waals surface area (Å²) in [5.41, 5.74) is 0.477. The lowest BCUT2D eigenvalue weighted by atomic mass is 9.43. The first kappa shape index (κ1) is 22.6. The van der Waals surface area contributed by atoms with Crippen molar-refractivity contribution >= 4 is 5.97 Å². The fourth-order valence-electron chi connectivity index (χ4n) is 9.15. The molecule has 0 amide bonds. The van der Waals surface area contributed by atoms with E-state index in [1.807, 2.05) is 6.92 Å². The Bertz CT molecular complexity index is 663. The molecule has 4 aliphatic rings. The van der Waals surface area contributed by atoms with Crippen molar-refractivity contribution in [2.75, 3.05) is 0 Å². The number of fused-ring (bicyclic) bond motifs is 5. The van der Waals surface area contributed by atoms with Gasteiger partial charge in [-0.2, -0.15) is 0 Å². The predicted molar refractivity (Wildman–Crippen MR) is 118 cm³/mol. The zero-order chi connectivity index (χ0) is 22.0. The molecule has 12 atom stereocenters. The van der Waals surface area contributed by atoms with Crippen LogP contribution in [-0.4, -0.2) is 33.5 Å². The van der Waals surface area contributed by atoms with Crippen LogP contribution in [0.3, 0.4) is 0 Å². The Hall–Kier alpha value is -0.610. The molecule has 0 heterocycles. The van der Waals surface area contributed by atoms with E-state index in [-0.39, 0.29) is 34.9 Å². The maximum atomic E-state index is 11.6. The zero-order valence-electron chi connectivity index (χ0n) is 19.7. The molecule has 0 aromatic carbocycles. The Morgan fingerprint density at radius 3 is 2.20 bits per heavy atom. The summed E-state index contributed by atoms with van der Waals surface area (Å²) in [5.74, 6) is 2.06. The molecular weight excluding hydrogens is 376 g/mol. The summed E-state index contributed by atoms with van der Waals surface area (Å²) in [5, 5.41) is 31.1. The van der Waals surface area contributed by atoms with Gasteiger partial charge in [0.1, 0.15) is 0 Å². The van der Waals surface area contributed by atoms with Gasteiger partial charge in [0, 0.05) is 0 Å². The van der Waals surface area contributed by atoms with Gasteiger partial charge in [-0.25, -0.2) is 0 Å². The van der Waals surface area contributed by atoms with Crippen molar-refractivity contribution in [2.45, 2.75) is 98.2 Å². The number of hydrogen-bond donors (Lipinski definition) is 3. The average molecular weight is 421 g/mol. The summed E-state index contributed by atoms with van der Waals surface area (Å²) < 4.78 is 0. The van der Waals surface area contributed by atoms with Gasteiger partial charge in [0.25, 0.3) is 0 Å².